The van der Waals surface area contributed by atoms with Crippen molar-refractivity contribution in [2.75, 3.05) is 32.1 Å². The van der Waals surface area contributed by atoms with E-state index in [2.05, 4.69) is 10.3 Å². The third kappa shape index (κ3) is 4.59. The van der Waals surface area contributed by atoms with Gasteiger partial charge in [0.15, 0.2) is 0 Å². The number of hydrogen-bond donors (Lipinski definition) is 1. The maximum atomic E-state index is 12.5. The molecule has 132 valence electrons. The van der Waals surface area contributed by atoms with E-state index in [0.717, 1.165) is 0 Å². The lowest BCUT2D eigenvalue weighted by Gasteiger charge is -2.24. The van der Waals surface area contributed by atoms with Gasteiger partial charge in [-0.25, -0.2) is 9.78 Å². The zero-order valence-corrected chi connectivity index (χ0v) is 15.0. The molecule has 7 heteroatoms. The van der Waals surface area contributed by atoms with Crippen molar-refractivity contribution < 1.29 is 14.3 Å². The van der Waals surface area contributed by atoms with E-state index in [0.29, 0.717) is 30.9 Å². The van der Waals surface area contributed by atoms with Crippen molar-refractivity contribution in [3.05, 3.63) is 23.9 Å². The van der Waals surface area contributed by atoms with Crippen molar-refractivity contribution in [1.29, 1.82) is 0 Å². The average Bonchev–Trinajstić information content (AvgIpc) is 2.94. The van der Waals surface area contributed by atoms with Crippen molar-refractivity contribution in [2.24, 2.45) is 0 Å². The lowest BCUT2D eigenvalue weighted by atomic mass is 10.2. The summed E-state index contributed by atoms with van der Waals surface area (Å²) in [6, 6.07) is 3.40. The fraction of sp³-hybridized carbons (Fsp3) is 0.588. The highest BCUT2D eigenvalue weighted by atomic mass is 16.6. The minimum Gasteiger partial charge on any atom is -0.444 e. The van der Waals surface area contributed by atoms with Gasteiger partial charge in [-0.15, -0.1) is 0 Å². The fourth-order valence-electron chi connectivity index (χ4n) is 2.56. The number of nitrogens with zero attached hydrogens (tertiary/aromatic N) is 3. The summed E-state index contributed by atoms with van der Waals surface area (Å²) in [4.78, 5) is 32.3. The predicted molar refractivity (Wildman–Crippen MR) is 92.2 cm³/mol. The average molecular weight is 334 g/mol. The van der Waals surface area contributed by atoms with Gasteiger partial charge in [-0.2, -0.15) is 0 Å². The van der Waals surface area contributed by atoms with Gasteiger partial charge in [-0.05, 0) is 39.3 Å². The second kappa shape index (κ2) is 7.07. The van der Waals surface area contributed by atoms with Crippen LogP contribution in [0.2, 0.25) is 0 Å². The number of carbonyl (C=O) groups is 2. The molecule has 2 amide bonds. The fourth-order valence-corrected chi connectivity index (χ4v) is 2.56. The van der Waals surface area contributed by atoms with E-state index in [4.69, 9.17) is 4.74 Å². The van der Waals surface area contributed by atoms with Crippen LogP contribution in [0.25, 0.3) is 0 Å². The molecule has 0 aliphatic carbocycles. The number of hydrogen-bond acceptors (Lipinski definition) is 5. The number of ether oxygens (including phenoxy) is 1. The molecule has 1 N–H and O–H groups in total. The van der Waals surface area contributed by atoms with Gasteiger partial charge in [-0.3, -0.25) is 4.79 Å². The Labute approximate surface area is 143 Å². The molecular formula is C17H26N4O3. The molecule has 0 saturated carbocycles. The highest BCUT2D eigenvalue weighted by Gasteiger charge is 2.31. The standard InChI is InChI=1S/C17H26N4O3/c1-17(2,3)24-16(23)21-10-8-12(11-21)19-15(22)13-7-6-9-18-14(13)20(4)5/h6-7,9,12H,8,10-11H2,1-5H3,(H,19,22)/t12-/m0/s1. The Hall–Kier alpha value is -2.31. The molecular weight excluding hydrogens is 308 g/mol. The van der Waals surface area contributed by atoms with Crippen LogP contribution in [0.4, 0.5) is 10.6 Å². The Morgan fingerprint density at radius 1 is 1.38 bits per heavy atom. The molecule has 1 atom stereocenters. The van der Waals surface area contributed by atoms with Gasteiger partial charge in [0, 0.05) is 39.4 Å². The molecule has 1 aliphatic heterocycles. The summed E-state index contributed by atoms with van der Waals surface area (Å²) in [6.07, 6.45) is 2.03. The minimum atomic E-state index is -0.519. The van der Waals surface area contributed by atoms with E-state index in [-0.39, 0.29) is 18.0 Å². The molecule has 0 unspecified atom stereocenters. The number of aromatic nitrogens is 1. The molecule has 0 radical (unpaired) electrons. The number of likely N-dealkylation sites (tertiary alicyclic amines) is 1. The monoisotopic (exact) mass is 334 g/mol. The summed E-state index contributed by atoms with van der Waals surface area (Å²) in [6.45, 7) is 6.55. The number of carbonyl (C=O) groups excluding carboxylic acids is 2. The normalized spacial score (nSPS) is 17.5. The summed E-state index contributed by atoms with van der Waals surface area (Å²) in [5, 5.41) is 2.98. The van der Waals surface area contributed by atoms with Crippen LogP contribution in [0.3, 0.4) is 0 Å². The first-order valence-corrected chi connectivity index (χ1v) is 8.08. The Morgan fingerprint density at radius 3 is 2.71 bits per heavy atom. The number of pyridine rings is 1. The third-order valence-corrected chi connectivity index (χ3v) is 3.63. The Kier molecular flexibility index (Phi) is 5.31. The van der Waals surface area contributed by atoms with Crippen molar-refractivity contribution in [3.63, 3.8) is 0 Å². The number of anilines is 1. The van der Waals surface area contributed by atoms with E-state index >= 15 is 0 Å². The van der Waals surface area contributed by atoms with Gasteiger partial charge in [0.25, 0.3) is 5.91 Å². The molecule has 0 aromatic carbocycles. The van der Waals surface area contributed by atoms with E-state index in [1.54, 1.807) is 28.1 Å². The molecule has 2 heterocycles. The van der Waals surface area contributed by atoms with Gasteiger partial charge in [0.2, 0.25) is 0 Å². The van der Waals surface area contributed by atoms with Crippen molar-refractivity contribution in [1.82, 2.24) is 15.2 Å². The molecule has 7 nitrogen and oxygen atoms in total. The predicted octanol–water partition coefficient (Wildman–Crippen LogP) is 1.89. The van der Waals surface area contributed by atoms with E-state index in [1.165, 1.54) is 0 Å². The molecule has 1 fully saturated rings. The van der Waals surface area contributed by atoms with E-state index in [9.17, 15) is 9.59 Å². The first kappa shape index (κ1) is 18.0. The quantitative estimate of drug-likeness (QED) is 0.913. The maximum Gasteiger partial charge on any atom is 0.410 e. The summed E-state index contributed by atoms with van der Waals surface area (Å²) in [7, 11) is 3.69. The lowest BCUT2D eigenvalue weighted by molar-refractivity contribution is 0.0290. The largest absolute Gasteiger partial charge is 0.444 e. The summed E-state index contributed by atoms with van der Waals surface area (Å²) >= 11 is 0. The lowest BCUT2D eigenvalue weighted by Crippen LogP contribution is -2.40. The zero-order valence-electron chi connectivity index (χ0n) is 15.0. The first-order valence-electron chi connectivity index (χ1n) is 8.08. The van der Waals surface area contributed by atoms with Crippen LogP contribution in [0.1, 0.15) is 37.6 Å². The Bertz CT molecular complexity index is 610. The number of nitrogens with one attached hydrogen (secondary N) is 1. The van der Waals surface area contributed by atoms with E-state index < -0.39 is 5.60 Å². The first-order chi connectivity index (χ1) is 11.2. The summed E-state index contributed by atoms with van der Waals surface area (Å²) < 4.78 is 5.37. The van der Waals surface area contributed by atoms with Gasteiger partial charge in [0.05, 0.1) is 5.56 Å². The molecule has 0 bridgehead atoms. The summed E-state index contributed by atoms with van der Waals surface area (Å²) in [5.74, 6) is 0.444. The number of amides is 2. The van der Waals surface area contributed by atoms with Crippen LogP contribution in [-0.2, 0) is 4.74 Å². The van der Waals surface area contributed by atoms with Gasteiger partial charge >= 0.3 is 6.09 Å². The zero-order chi connectivity index (χ0) is 17.9. The molecule has 2 rings (SSSR count). The van der Waals surface area contributed by atoms with Crippen LogP contribution >= 0.6 is 0 Å². The highest BCUT2D eigenvalue weighted by Crippen LogP contribution is 2.18. The smallest absolute Gasteiger partial charge is 0.410 e. The second-order valence-electron chi connectivity index (χ2n) is 7.15. The third-order valence-electron chi connectivity index (χ3n) is 3.63. The van der Waals surface area contributed by atoms with Gasteiger partial charge < -0.3 is 19.9 Å². The van der Waals surface area contributed by atoms with Crippen molar-refractivity contribution in [3.8, 4) is 0 Å². The van der Waals surface area contributed by atoms with Crippen molar-refractivity contribution >= 4 is 17.8 Å². The van der Waals surface area contributed by atoms with Crippen LogP contribution in [0, 0.1) is 0 Å². The van der Waals surface area contributed by atoms with Crippen LogP contribution < -0.4 is 10.2 Å². The van der Waals surface area contributed by atoms with Gasteiger partial charge in [-0.1, -0.05) is 0 Å². The minimum absolute atomic E-state index is 0.0831. The molecule has 1 aromatic rings. The van der Waals surface area contributed by atoms with Crippen LogP contribution in [0.15, 0.2) is 18.3 Å². The molecule has 1 aliphatic rings. The molecule has 0 spiro atoms. The topological polar surface area (TPSA) is 74.8 Å². The Morgan fingerprint density at radius 2 is 2.08 bits per heavy atom. The molecule has 1 saturated heterocycles. The maximum absolute atomic E-state index is 12.5. The molecule has 24 heavy (non-hydrogen) atoms. The van der Waals surface area contributed by atoms with Crippen molar-refractivity contribution in [2.45, 2.75) is 38.8 Å². The second-order valence-corrected chi connectivity index (χ2v) is 7.15. The SMILES string of the molecule is CN(C)c1ncccc1C(=O)N[C@H]1CCN(C(=O)OC(C)(C)C)C1. The Balaban J connectivity index is 1.96. The summed E-state index contributed by atoms with van der Waals surface area (Å²) in [5.41, 5.74) is 0.00702. The highest BCUT2D eigenvalue weighted by molar-refractivity contribution is 5.99. The number of rotatable bonds is 3. The van der Waals surface area contributed by atoms with Crippen LogP contribution in [0.5, 0.6) is 0 Å². The van der Waals surface area contributed by atoms with E-state index in [1.807, 2.05) is 34.9 Å². The van der Waals surface area contributed by atoms with Gasteiger partial charge in [0.1, 0.15) is 11.4 Å². The van der Waals surface area contributed by atoms with Crippen LogP contribution in [-0.4, -0.2) is 60.7 Å². The molecule has 1 aromatic heterocycles.